The minimum Gasteiger partial charge on any atom is -0.462 e. The summed E-state index contributed by atoms with van der Waals surface area (Å²) in [5.41, 5.74) is 2.57. The number of nitrogens with zero attached hydrogens (tertiary/aromatic N) is 1. The van der Waals surface area contributed by atoms with Crippen LogP contribution in [0.1, 0.15) is 36.2 Å². The fraction of sp³-hybridized carbons (Fsp3) is 0.333. The van der Waals surface area contributed by atoms with Gasteiger partial charge >= 0.3 is 11.9 Å². The Kier molecular flexibility index (Phi) is 8.21. The van der Waals surface area contributed by atoms with E-state index in [-0.39, 0.29) is 25.5 Å². The molecule has 2 aromatic carbocycles. The van der Waals surface area contributed by atoms with Crippen LogP contribution >= 0.6 is 15.9 Å². The lowest BCUT2D eigenvalue weighted by Gasteiger charge is -2.17. The van der Waals surface area contributed by atoms with Gasteiger partial charge in [0.25, 0.3) is 5.91 Å². The highest BCUT2D eigenvalue weighted by Crippen LogP contribution is 2.26. The van der Waals surface area contributed by atoms with E-state index in [0.29, 0.717) is 16.9 Å². The molecule has 0 saturated carbocycles. The van der Waals surface area contributed by atoms with Crippen molar-refractivity contribution in [2.24, 2.45) is 5.92 Å². The summed E-state index contributed by atoms with van der Waals surface area (Å²) in [6.07, 6.45) is 0.725. The van der Waals surface area contributed by atoms with Crippen LogP contribution in [0.2, 0.25) is 0 Å². The van der Waals surface area contributed by atoms with E-state index < -0.39 is 30.4 Å². The SMILES string of the molecule is CCOC(=O)c1ccc(N2C[C@@H](C(=O)OCC(=O)Nc3ccc(Br)cc3CC)CC2=O)cc1. The van der Waals surface area contributed by atoms with Gasteiger partial charge in [0.15, 0.2) is 6.61 Å². The van der Waals surface area contributed by atoms with Crippen LogP contribution in [0.15, 0.2) is 46.9 Å². The molecule has 2 amide bonds. The van der Waals surface area contributed by atoms with E-state index in [0.717, 1.165) is 16.5 Å². The molecule has 1 saturated heterocycles. The number of ether oxygens (including phenoxy) is 2. The molecule has 33 heavy (non-hydrogen) atoms. The molecule has 1 N–H and O–H groups in total. The predicted octanol–water partition coefficient (Wildman–Crippen LogP) is 3.72. The Bertz CT molecular complexity index is 1050. The van der Waals surface area contributed by atoms with Gasteiger partial charge in [-0.25, -0.2) is 4.79 Å². The van der Waals surface area contributed by atoms with Crippen LogP contribution in [-0.2, 0) is 30.3 Å². The molecule has 1 fully saturated rings. The number of carbonyl (C=O) groups excluding carboxylic acids is 4. The summed E-state index contributed by atoms with van der Waals surface area (Å²) in [5.74, 6) is -2.39. The lowest BCUT2D eigenvalue weighted by Crippen LogP contribution is -2.28. The second-order valence-corrected chi connectivity index (χ2v) is 8.40. The number of rotatable bonds is 8. The summed E-state index contributed by atoms with van der Waals surface area (Å²) in [6.45, 7) is 3.68. The minimum atomic E-state index is -0.672. The van der Waals surface area contributed by atoms with Crippen molar-refractivity contribution in [3.05, 3.63) is 58.1 Å². The lowest BCUT2D eigenvalue weighted by molar-refractivity contribution is -0.151. The molecule has 0 spiro atoms. The maximum atomic E-state index is 12.5. The summed E-state index contributed by atoms with van der Waals surface area (Å²) in [4.78, 5) is 50.4. The average Bonchev–Trinajstić information content (AvgIpc) is 3.20. The quantitative estimate of drug-likeness (QED) is 0.536. The Morgan fingerprint density at radius 3 is 2.48 bits per heavy atom. The van der Waals surface area contributed by atoms with E-state index in [2.05, 4.69) is 21.2 Å². The molecule has 1 heterocycles. The van der Waals surface area contributed by atoms with Crippen LogP contribution < -0.4 is 10.2 Å². The number of hydrogen-bond donors (Lipinski definition) is 1. The minimum absolute atomic E-state index is 0.00717. The van der Waals surface area contributed by atoms with Gasteiger partial charge in [-0.05, 0) is 61.4 Å². The van der Waals surface area contributed by atoms with E-state index in [1.165, 1.54) is 4.90 Å². The van der Waals surface area contributed by atoms with Crippen LogP contribution in [0.3, 0.4) is 0 Å². The van der Waals surface area contributed by atoms with Crippen molar-refractivity contribution >= 4 is 51.1 Å². The zero-order valence-corrected chi connectivity index (χ0v) is 20.0. The molecule has 8 nitrogen and oxygen atoms in total. The van der Waals surface area contributed by atoms with Gasteiger partial charge in [-0.15, -0.1) is 0 Å². The number of carbonyl (C=O) groups is 4. The van der Waals surface area contributed by atoms with Crippen molar-refractivity contribution < 1.29 is 28.7 Å². The first-order valence-corrected chi connectivity index (χ1v) is 11.4. The first-order valence-electron chi connectivity index (χ1n) is 10.6. The summed E-state index contributed by atoms with van der Waals surface area (Å²) in [5, 5.41) is 2.75. The first-order chi connectivity index (χ1) is 15.8. The van der Waals surface area contributed by atoms with Crippen LogP contribution in [0.5, 0.6) is 0 Å². The molecule has 0 radical (unpaired) electrons. The lowest BCUT2D eigenvalue weighted by atomic mass is 10.1. The molecular formula is C24H25BrN2O6. The van der Waals surface area contributed by atoms with Gasteiger partial charge < -0.3 is 19.7 Å². The molecule has 9 heteroatoms. The molecule has 2 aromatic rings. The van der Waals surface area contributed by atoms with Gasteiger partial charge in [0.2, 0.25) is 5.91 Å². The predicted molar refractivity (Wildman–Crippen MR) is 126 cm³/mol. The van der Waals surface area contributed by atoms with Gasteiger partial charge in [0.05, 0.1) is 18.1 Å². The molecule has 0 aromatic heterocycles. The monoisotopic (exact) mass is 516 g/mol. The fourth-order valence-corrected chi connectivity index (χ4v) is 3.93. The van der Waals surface area contributed by atoms with E-state index in [1.54, 1.807) is 37.3 Å². The van der Waals surface area contributed by atoms with Gasteiger partial charge in [-0.3, -0.25) is 14.4 Å². The number of esters is 2. The Balaban J connectivity index is 1.54. The maximum absolute atomic E-state index is 12.5. The number of anilines is 2. The second-order valence-electron chi connectivity index (χ2n) is 7.48. The highest BCUT2D eigenvalue weighted by Gasteiger charge is 2.36. The Hall–Kier alpha value is -3.20. The smallest absolute Gasteiger partial charge is 0.338 e. The van der Waals surface area contributed by atoms with E-state index >= 15 is 0 Å². The van der Waals surface area contributed by atoms with Crippen molar-refractivity contribution in [3.63, 3.8) is 0 Å². The van der Waals surface area contributed by atoms with Gasteiger partial charge in [0, 0.05) is 28.8 Å². The number of nitrogens with one attached hydrogen (secondary N) is 1. The first kappa shape index (κ1) is 24.4. The van der Waals surface area contributed by atoms with Crippen molar-refractivity contribution in [2.75, 3.05) is 30.0 Å². The van der Waals surface area contributed by atoms with Gasteiger partial charge in [-0.2, -0.15) is 0 Å². The molecule has 1 aliphatic rings. The Labute approximate surface area is 200 Å². The summed E-state index contributed by atoms with van der Waals surface area (Å²) < 4.78 is 11.0. The number of halogens is 1. The highest BCUT2D eigenvalue weighted by atomic mass is 79.9. The number of hydrogen-bond acceptors (Lipinski definition) is 6. The zero-order chi connectivity index (χ0) is 24.0. The third-order valence-electron chi connectivity index (χ3n) is 5.22. The number of benzene rings is 2. The maximum Gasteiger partial charge on any atom is 0.338 e. The highest BCUT2D eigenvalue weighted by molar-refractivity contribution is 9.10. The standard InChI is InChI=1S/C24H25BrN2O6/c1-3-15-11-18(25)7-10-20(15)26-21(28)14-33-24(31)17-12-22(29)27(13-17)19-8-5-16(6-9-19)23(30)32-4-2/h5-11,17H,3-4,12-14H2,1-2H3,(H,26,28)/t17-/m0/s1. The molecular weight excluding hydrogens is 492 g/mol. The summed E-state index contributed by atoms with van der Waals surface area (Å²) >= 11 is 3.40. The molecule has 174 valence electrons. The van der Waals surface area contributed by atoms with Crippen LogP contribution in [0.25, 0.3) is 0 Å². The van der Waals surface area contributed by atoms with Gasteiger partial charge in [0.1, 0.15) is 0 Å². The van der Waals surface area contributed by atoms with E-state index in [4.69, 9.17) is 9.47 Å². The molecule has 1 atom stereocenters. The van der Waals surface area contributed by atoms with E-state index in [9.17, 15) is 19.2 Å². The second kappa shape index (κ2) is 11.1. The largest absolute Gasteiger partial charge is 0.462 e. The molecule has 3 rings (SSSR count). The van der Waals surface area contributed by atoms with Crippen molar-refractivity contribution in [3.8, 4) is 0 Å². The summed E-state index contributed by atoms with van der Waals surface area (Å²) in [6, 6.07) is 11.9. The molecule has 0 unspecified atom stereocenters. The topological polar surface area (TPSA) is 102 Å². The van der Waals surface area contributed by atoms with E-state index in [1.807, 2.05) is 19.1 Å². The summed E-state index contributed by atoms with van der Waals surface area (Å²) in [7, 11) is 0. The Morgan fingerprint density at radius 1 is 1.09 bits per heavy atom. The van der Waals surface area contributed by atoms with Gasteiger partial charge in [-0.1, -0.05) is 22.9 Å². The normalized spacial score (nSPS) is 15.3. The third-order valence-corrected chi connectivity index (χ3v) is 5.71. The Morgan fingerprint density at radius 2 is 1.82 bits per heavy atom. The molecule has 1 aliphatic heterocycles. The van der Waals surface area contributed by atoms with Crippen LogP contribution in [0, 0.1) is 5.92 Å². The number of aryl methyl sites for hydroxylation is 1. The average molecular weight is 517 g/mol. The zero-order valence-electron chi connectivity index (χ0n) is 18.4. The number of amides is 2. The fourth-order valence-electron chi connectivity index (χ4n) is 3.52. The molecule has 0 bridgehead atoms. The van der Waals surface area contributed by atoms with Crippen LogP contribution in [-0.4, -0.2) is 43.5 Å². The van der Waals surface area contributed by atoms with Crippen molar-refractivity contribution in [1.29, 1.82) is 0 Å². The van der Waals surface area contributed by atoms with Crippen LogP contribution in [0.4, 0.5) is 11.4 Å². The molecule has 0 aliphatic carbocycles. The van der Waals surface area contributed by atoms with Crippen molar-refractivity contribution in [2.45, 2.75) is 26.7 Å². The van der Waals surface area contributed by atoms with Crippen molar-refractivity contribution in [1.82, 2.24) is 0 Å². The third kappa shape index (κ3) is 6.19.